The Morgan fingerprint density at radius 3 is 2.28 bits per heavy atom. The topological polar surface area (TPSA) is 33.2 Å². The van der Waals surface area contributed by atoms with Gasteiger partial charge in [-0.25, -0.2) is 9.37 Å². The molecule has 0 saturated carbocycles. The minimum Gasteiger partial charge on any atom is -0.330 e. The molecule has 25 heavy (non-hydrogen) atoms. The monoisotopic (exact) mass is 354 g/mol. The van der Waals surface area contributed by atoms with Gasteiger partial charge in [0.1, 0.15) is 11.0 Å². The Hall–Kier alpha value is -2.72. The maximum absolute atomic E-state index is 13.3. The second-order valence-corrected chi connectivity index (χ2v) is 5.98. The molecule has 0 N–H and O–H groups in total. The lowest BCUT2D eigenvalue weighted by Crippen LogP contribution is -2.32. The van der Waals surface area contributed by atoms with E-state index in [0.717, 1.165) is 11.1 Å². The first-order valence-electron chi connectivity index (χ1n) is 7.76. The SMILES string of the molecule is CN(C(=O)c1cccnc1Cl)C(c1ccccc1)c1ccc(F)cc1. The second-order valence-electron chi connectivity index (χ2n) is 5.62. The molecule has 1 amide bonds. The molecule has 0 bridgehead atoms. The van der Waals surface area contributed by atoms with Crippen LogP contribution in [0.2, 0.25) is 5.15 Å². The summed E-state index contributed by atoms with van der Waals surface area (Å²) in [5.41, 5.74) is 2.06. The zero-order valence-corrected chi connectivity index (χ0v) is 14.3. The van der Waals surface area contributed by atoms with Gasteiger partial charge in [-0.2, -0.15) is 0 Å². The molecule has 3 aromatic rings. The summed E-state index contributed by atoms with van der Waals surface area (Å²) in [4.78, 5) is 18.5. The van der Waals surface area contributed by atoms with Crippen LogP contribution in [-0.4, -0.2) is 22.8 Å². The molecule has 2 aromatic carbocycles. The summed E-state index contributed by atoms with van der Waals surface area (Å²) in [5.74, 6) is -0.573. The van der Waals surface area contributed by atoms with Crippen LogP contribution in [0.4, 0.5) is 4.39 Å². The van der Waals surface area contributed by atoms with Gasteiger partial charge in [0.25, 0.3) is 5.91 Å². The predicted molar refractivity (Wildman–Crippen MR) is 96.0 cm³/mol. The van der Waals surface area contributed by atoms with Crippen LogP contribution in [0.1, 0.15) is 27.5 Å². The van der Waals surface area contributed by atoms with Crippen molar-refractivity contribution in [2.75, 3.05) is 7.05 Å². The summed E-state index contributed by atoms with van der Waals surface area (Å²) in [7, 11) is 1.70. The number of carbonyl (C=O) groups excluding carboxylic acids is 1. The first-order chi connectivity index (χ1) is 12.1. The van der Waals surface area contributed by atoms with Crippen LogP contribution >= 0.6 is 11.6 Å². The van der Waals surface area contributed by atoms with E-state index in [1.54, 1.807) is 36.2 Å². The van der Waals surface area contributed by atoms with Crippen LogP contribution in [0.5, 0.6) is 0 Å². The smallest absolute Gasteiger partial charge is 0.257 e. The fourth-order valence-electron chi connectivity index (χ4n) is 2.77. The standard InChI is InChI=1S/C20H16ClFN2O/c1-24(20(25)17-8-5-13-23-19(17)21)18(14-6-3-2-4-7-14)15-9-11-16(22)12-10-15/h2-13,18H,1H3. The van der Waals surface area contributed by atoms with Crippen molar-refractivity contribution in [1.82, 2.24) is 9.88 Å². The molecule has 0 fully saturated rings. The lowest BCUT2D eigenvalue weighted by molar-refractivity contribution is 0.0755. The third-order valence-electron chi connectivity index (χ3n) is 4.00. The molecule has 1 heterocycles. The molecule has 0 saturated heterocycles. The summed E-state index contributed by atoms with van der Waals surface area (Å²) >= 11 is 6.07. The number of nitrogens with zero attached hydrogens (tertiary/aromatic N) is 2. The van der Waals surface area contributed by atoms with Crippen LogP contribution < -0.4 is 0 Å². The molecule has 0 aliphatic carbocycles. The van der Waals surface area contributed by atoms with Crippen molar-refractivity contribution >= 4 is 17.5 Å². The van der Waals surface area contributed by atoms with E-state index in [4.69, 9.17) is 11.6 Å². The number of pyridine rings is 1. The summed E-state index contributed by atoms with van der Waals surface area (Å²) in [6, 6.07) is 18.7. The third-order valence-corrected chi connectivity index (χ3v) is 4.30. The van der Waals surface area contributed by atoms with Gasteiger partial charge in [0.05, 0.1) is 11.6 Å². The quantitative estimate of drug-likeness (QED) is 0.634. The molecular weight excluding hydrogens is 339 g/mol. The highest BCUT2D eigenvalue weighted by Crippen LogP contribution is 2.29. The van der Waals surface area contributed by atoms with Gasteiger partial charge in [-0.15, -0.1) is 0 Å². The van der Waals surface area contributed by atoms with E-state index in [1.165, 1.54) is 18.3 Å². The van der Waals surface area contributed by atoms with Gasteiger partial charge in [0, 0.05) is 13.2 Å². The highest BCUT2D eigenvalue weighted by molar-refractivity contribution is 6.32. The number of halogens is 2. The third kappa shape index (κ3) is 3.69. The first-order valence-corrected chi connectivity index (χ1v) is 8.14. The molecule has 0 radical (unpaired) electrons. The van der Waals surface area contributed by atoms with Gasteiger partial charge >= 0.3 is 0 Å². The van der Waals surface area contributed by atoms with Crippen molar-refractivity contribution in [3.05, 3.63) is 101 Å². The number of benzene rings is 2. The van der Waals surface area contributed by atoms with Crippen LogP contribution in [0.3, 0.4) is 0 Å². The van der Waals surface area contributed by atoms with E-state index in [0.29, 0.717) is 5.56 Å². The molecule has 1 atom stereocenters. The van der Waals surface area contributed by atoms with Crippen LogP contribution in [0.15, 0.2) is 72.9 Å². The first kappa shape index (κ1) is 17.1. The van der Waals surface area contributed by atoms with E-state index in [9.17, 15) is 9.18 Å². The van der Waals surface area contributed by atoms with E-state index in [2.05, 4.69) is 4.98 Å². The molecule has 0 aliphatic heterocycles. The minimum atomic E-state index is -0.370. The Morgan fingerprint density at radius 1 is 1.00 bits per heavy atom. The normalized spacial score (nSPS) is 11.8. The van der Waals surface area contributed by atoms with E-state index in [-0.39, 0.29) is 22.9 Å². The van der Waals surface area contributed by atoms with E-state index in [1.807, 2.05) is 30.3 Å². The van der Waals surface area contributed by atoms with Gasteiger partial charge in [-0.05, 0) is 35.4 Å². The van der Waals surface area contributed by atoms with Gasteiger partial charge in [0.2, 0.25) is 0 Å². The Bertz CT molecular complexity index is 868. The summed E-state index contributed by atoms with van der Waals surface area (Å²) in [6.07, 6.45) is 1.54. The van der Waals surface area contributed by atoms with Crippen LogP contribution in [-0.2, 0) is 0 Å². The van der Waals surface area contributed by atoms with Gasteiger partial charge < -0.3 is 4.90 Å². The average Bonchev–Trinajstić information content (AvgIpc) is 2.64. The number of hydrogen-bond donors (Lipinski definition) is 0. The maximum Gasteiger partial charge on any atom is 0.257 e. The van der Waals surface area contributed by atoms with E-state index < -0.39 is 0 Å². The maximum atomic E-state index is 13.3. The Morgan fingerprint density at radius 2 is 1.64 bits per heavy atom. The van der Waals surface area contributed by atoms with Crippen molar-refractivity contribution < 1.29 is 9.18 Å². The van der Waals surface area contributed by atoms with Crippen molar-refractivity contribution in [1.29, 1.82) is 0 Å². The van der Waals surface area contributed by atoms with Crippen molar-refractivity contribution in [2.45, 2.75) is 6.04 Å². The Labute approximate surface area is 150 Å². The zero-order chi connectivity index (χ0) is 17.8. The number of amides is 1. The van der Waals surface area contributed by atoms with Crippen molar-refractivity contribution in [3.8, 4) is 0 Å². The molecule has 1 unspecified atom stereocenters. The van der Waals surface area contributed by atoms with Gasteiger partial charge in [-0.1, -0.05) is 54.1 Å². The molecule has 3 nitrogen and oxygen atoms in total. The molecule has 126 valence electrons. The van der Waals surface area contributed by atoms with E-state index >= 15 is 0 Å². The molecule has 0 aliphatic rings. The van der Waals surface area contributed by atoms with Crippen molar-refractivity contribution in [3.63, 3.8) is 0 Å². The molecular formula is C20H16ClFN2O. The molecule has 3 rings (SSSR count). The fraction of sp³-hybridized carbons (Fsp3) is 0.100. The van der Waals surface area contributed by atoms with Crippen LogP contribution in [0, 0.1) is 5.82 Å². The number of carbonyl (C=O) groups is 1. The summed E-state index contributed by atoms with van der Waals surface area (Å²) < 4.78 is 13.3. The van der Waals surface area contributed by atoms with Gasteiger partial charge in [-0.3, -0.25) is 4.79 Å². The highest BCUT2D eigenvalue weighted by Gasteiger charge is 2.25. The largest absolute Gasteiger partial charge is 0.330 e. The lowest BCUT2D eigenvalue weighted by atomic mass is 9.97. The lowest BCUT2D eigenvalue weighted by Gasteiger charge is -2.29. The number of aromatic nitrogens is 1. The fourth-order valence-corrected chi connectivity index (χ4v) is 2.97. The van der Waals surface area contributed by atoms with Gasteiger partial charge in [0.15, 0.2) is 0 Å². The molecule has 5 heteroatoms. The number of hydrogen-bond acceptors (Lipinski definition) is 2. The van der Waals surface area contributed by atoms with Crippen LogP contribution in [0.25, 0.3) is 0 Å². The average molecular weight is 355 g/mol. The molecule has 0 spiro atoms. The highest BCUT2D eigenvalue weighted by atomic mass is 35.5. The summed E-state index contributed by atoms with van der Waals surface area (Å²) in [6.45, 7) is 0. The van der Waals surface area contributed by atoms with Crippen molar-refractivity contribution in [2.24, 2.45) is 0 Å². The number of rotatable bonds is 4. The minimum absolute atomic E-state index is 0.158. The summed E-state index contributed by atoms with van der Waals surface area (Å²) in [5, 5.41) is 0.158. The molecule has 1 aromatic heterocycles. The Kier molecular flexibility index (Phi) is 5.10. The Balaban J connectivity index is 2.03. The second kappa shape index (κ2) is 7.45. The zero-order valence-electron chi connectivity index (χ0n) is 13.6. The predicted octanol–water partition coefficient (Wildman–Crippen LogP) is 4.74.